The molecule has 9 heterocycles. The van der Waals surface area contributed by atoms with E-state index in [1.165, 1.54) is 22.3 Å². The quantitative estimate of drug-likeness (QED) is 0.0759. The van der Waals surface area contributed by atoms with Gasteiger partial charge in [0.25, 0.3) is 11.8 Å². The molecule has 17 nitrogen and oxygen atoms in total. The summed E-state index contributed by atoms with van der Waals surface area (Å²) in [6, 6.07) is 68.2. The Morgan fingerprint density at radius 1 is 0.333 bits per heavy atom. The molecular weight excluding hydrogens is 1200 g/mol. The Labute approximate surface area is 564 Å². The van der Waals surface area contributed by atoms with Gasteiger partial charge in [-0.05, 0) is 83.0 Å². The van der Waals surface area contributed by atoms with E-state index >= 15 is 0 Å². The van der Waals surface area contributed by atoms with Gasteiger partial charge in [-0.1, -0.05) is 230 Å². The number of aliphatic imine (C=N–C) groups is 8. The Bertz CT molecular complexity index is 3670. The molecule has 15 rings (SSSR count). The zero-order valence-corrected chi connectivity index (χ0v) is 55.8. The maximum absolute atomic E-state index is 5.97. The number of benzene rings is 6. The van der Waals surface area contributed by atoms with Gasteiger partial charge in [-0.25, -0.2) is 44.9 Å². The minimum absolute atomic E-state index is 0.00388. The van der Waals surface area contributed by atoms with Crippen LogP contribution in [0.1, 0.15) is 130 Å². The summed E-state index contributed by atoms with van der Waals surface area (Å²) < 4.78 is 46.4. The smallest absolute Gasteiger partial charge is 0.273 e. The number of aromatic nitrogens is 1. The summed E-state index contributed by atoms with van der Waals surface area (Å²) in [5.74, 6) is 6.37. The lowest BCUT2D eigenvalue weighted by molar-refractivity contribution is 0.233. The molecule has 0 fully saturated rings. The highest BCUT2D eigenvalue weighted by Crippen LogP contribution is 2.38. The average Bonchev–Trinajstić information content (AvgIpc) is 1.50. The van der Waals surface area contributed by atoms with Crippen molar-refractivity contribution in [3.63, 3.8) is 0 Å². The second kappa shape index (κ2) is 32.1. The van der Waals surface area contributed by atoms with Crippen LogP contribution in [0, 0.1) is 17.3 Å². The lowest BCUT2D eigenvalue weighted by Gasteiger charge is -2.29. The molecule has 8 atom stereocenters. The van der Waals surface area contributed by atoms with Crippen molar-refractivity contribution in [1.82, 2.24) is 4.98 Å². The van der Waals surface area contributed by atoms with Crippen molar-refractivity contribution in [2.45, 2.75) is 122 Å². The molecule has 496 valence electrons. The first-order valence-electron chi connectivity index (χ1n) is 34.0. The minimum atomic E-state index is -0.271. The van der Waals surface area contributed by atoms with E-state index in [1.807, 2.05) is 127 Å². The van der Waals surface area contributed by atoms with Gasteiger partial charge >= 0.3 is 0 Å². The largest absolute Gasteiger partial charge is 0.478 e. The van der Waals surface area contributed by atoms with Crippen LogP contribution in [0.2, 0.25) is 0 Å². The van der Waals surface area contributed by atoms with Gasteiger partial charge in [0.2, 0.25) is 11.8 Å². The molecule has 0 N–H and O–H groups in total. The summed E-state index contributed by atoms with van der Waals surface area (Å²) >= 11 is 0. The number of rotatable bonds is 19. The van der Waals surface area contributed by atoms with E-state index in [9.17, 15) is 0 Å². The second-order valence-electron chi connectivity index (χ2n) is 25.5. The molecule has 0 amide bonds. The van der Waals surface area contributed by atoms with Gasteiger partial charge in [-0.3, -0.25) is 0 Å². The molecule has 0 spiro atoms. The molecule has 8 aliphatic rings. The van der Waals surface area contributed by atoms with Crippen LogP contribution >= 0.6 is 0 Å². The predicted octanol–water partition coefficient (Wildman–Crippen LogP) is 14.6. The zero-order valence-electron chi connectivity index (χ0n) is 55.8. The summed E-state index contributed by atoms with van der Waals surface area (Å²) in [6.45, 7) is 17.9. The van der Waals surface area contributed by atoms with Crippen molar-refractivity contribution in [2.24, 2.45) is 57.2 Å². The van der Waals surface area contributed by atoms with Crippen molar-refractivity contribution in [2.75, 3.05) is 52.9 Å². The third-order valence-corrected chi connectivity index (χ3v) is 18.1. The fourth-order valence-corrected chi connectivity index (χ4v) is 12.2. The number of nitrogens with zero attached hydrogens (tertiary/aromatic N) is 9. The number of hydrogen-bond donors (Lipinski definition) is 0. The van der Waals surface area contributed by atoms with Gasteiger partial charge in [0.1, 0.15) is 93.8 Å². The molecule has 6 aromatic carbocycles. The molecule has 1 aromatic heterocycles. The first-order chi connectivity index (χ1) is 47.1. The Balaban J connectivity index is 0.000000123. The summed E-state index contributed by atoms with van der Waals surface area (Å²) in [7, 11) is 0. The van der Waals surface area contributed by atoms with Gasteiger partial charge in [0.05, 0.1) is 30.6 Å². The molecule has 8 aliphatic heterocycles. The lowest BCUT2D eigenvalue weighted by Crippen LogP contribution is -2.39. The summed E-state index contributed by atoms with van der Waals surface area (Å²) in [5, 5.41) is 0. The van der Waals surface area contributed by atoms with Crippen LogP contribution in [0.3, 0.4) is 0 Å². The van der Waals surface area contributed by atoms with E-state index in [-0.39, 0.29) is 53.7 Å². The van der Waals surface area contributed by atoms with Crippen LogP contribution < -0.4 is 0 Å². The molecule has 17 heteroatoms. The average molecular weight is 1290 g/mol. The normalized spacial score (nSPS) is 22.9. The van der Waals surface area contributed by atoms with Gasteiger partial charge in [0.15, 0.2) is 23.6 Å². The molecule has 0 unspecified atom stereocenters. The highest BCUT2D eigenvalue weighted by molar-refractivity contribution is 6.36. The number of hydrogen-bond acceptors (Lipinski definition) is 17. The third-order valence-electron chi connectivity index (χ3n) is 18.1. The summed E-state index contributed by atoms with van der Waals surface area (Å²) in [4.78, 5) is 42.4. The first-order valence-corrected chi connectivity index (χ1v) is 34.0. The van der Waals surface area contributed by atoms with E-state index in [0.29, 0.717) is 118 Å². The lowest BCUT2D eigenvalue weighted by atomic mass is 9.81. The molecule has 0 saturated carbocycles. The molecule has 0 aliphatic carbocycles. The van der Waals surface area contributed by atoms with Gasteiger partial charge in [-0.2, -0.15) is 0 Å². The van der Waals surface area contributed by atoms with Crippen molar-refractivity contribution >= 4 is 47.2 Å². The Morgan fingerprint density at radius 2 is 0.667 bits per heavy atom. The Kier molecular flexibility index (Phi) is 22.2. The van der Waals surface area contributed by atoms with Gasteiger partial charge < -0.3 is 37.9 Å². The molecule has 96 heavy (non-hydrogen) atoms. The maximum Gasteiger partial charge on any atom is 0.273 e. The summed E-state index contributed by atoms with van der Waals surface area (Å²) in [6.07, 6.45) is 4.12. The van der Waals surface area contributed by atoms with E-state index in [2.05, 4.69) is 139 Å². The zero-order chi connectivity index (χ0) is 66.1. The predicted molar refractivity (Wildman–Crippen MR) is 379 cm³/mol. The van der Waals surface area contributed by atoms with Crippen molar-refractivity contribution < 1.29 is 37.9 Å². The fourth-order valence-electron chi connectivity index (χ4n) is 12.2. The topological polar surface area (TPSA) is 186 Å². The Hall–Kier alpha value is -9.77. The maximum atomic E-state index is 5.97. The first kappa shape index (κ1) is 66.3. The van der Waals surface area contributed by atoms with Crippen molar-refractivity contribution in [3.05, 3.63) is 245 Å². The van der Waals surface area contributed by atoms with Gasteiger partial charge in [-0.15, -0.1) is 0 Å². The molecular formula is C79H87N9O8. The van der Waals surface area contributed by atoms with Crippen LogP contribution in [-0.2, 0) is 50.7 Å². The monoisotopic (exact) mass is 1290 g/mol. The number of pyridine rings is 1. The number of ether oxygens (including phenoxy) is 8. The molecule has 0 radical (unpaired) electrons. The van der Waals surface area contributed by atoms with Crippen LogP contribution in [0.25, 0.3) is 0 Å². The van der Waals surface area contributed by atoms with E-state index in [4.69, 9.17) is 57.9 Å². The van der Waals surface area contributed by atoms with Crippen LogP contribution in [0.4, 0.5) is 0 Å². The van der Waals surface area contributed by atoms with Crippen LogP contribution in [-0.4, -0.2) is 129 Å². The van der Waals surface area contributed by atoms with Crippen LogP contribution in [0.5, 0.6) is 0 Å². The highest BCUT2D eigenvalue weighted by Gasteiger charge is 2.47. The molecule has 7 aromatic rings. The third kappa shape index (κ3) is 16.8. The van der Waals surface area contributed by atoms with Gasteiger partial charge in [0, 0.05) is 0 Å². The van der Waals surface area contributed by atoms with Crippen molar-refractivity contribution in [1.29, 1.82) is 0 Å². The van der Waals surface area contributed by atoms with E-state index < -0.39 is 0 Å². The van der Waals surface area contributed by atoms with Crippen molar-refractivity contribution in [3.8, 4) is 0 Å². The highest BCUT2D eigenvalue weighted by atomic mass is 16.6. The summed E-state index contributed by atoms with van der Waals surface area (Å²) in [5.41, 5.74) is 8.31. The molecule has 0 bridgehead atoms. The fraction of sp³-hybridized carbons (Fsp3) is 0.380. The van der Waals surface area contributed by atoms with Crippen LogP contribution in [0.15, 0.2) is 240 Å². The molecule has 0 saturated heterocycles. The SMILES string of the molecule is CCC(CC)(C1=N[C@@H](C(C)C)CO1)C1=N[C@@H](C(C)C)CO1.c1ccc(C[C@H]2COC(C3=N[C@@H](Cc4ccccc4)CO3)=N2)cc1.c1ccc([C@H]2COC(CC3=N[C@@H](c4ccccc4)CO3)=N2)cc1.c1ccc([C@H]2COC(c3cccc(C4=N[C@@H](c5ccccc5)CO4)n3)=N2)cc1. The standard InChI is InChI=1S/C23H19N3O2.C20H20N2O2.C19H18N2O2.C17H30N2O2/c1-3-8-16(9-4-1)20-14-27-22(25-20)18-12-7-13-19(24-18)23-26-21(15-28-23)17-10-5-2-6-11-17;1-3-7-15(8-4-1)11-17-13-23-19(21-17)20-22-18(14-24-20)12-16-9-5-2-6-10-16;1-3-7-14(8-4-1)16-12-22-18(20-16)11-19-21-17(13-23-19)15-9-5-2-6-10-15;1-7-17(8-2,15-18-13(9-20-15)11(3)4)16-19-14(10-21-16)12(5)6/h1-13,20-21H,14-15H2;1-10,17-18H,11-14H2;1-10,16-17H,11-13H2;11-14H,7-10H2,1-6H3/t20-,21-;17-,18-;16-,17-;13-,14-/m1011/s1. The minimum Gasteiger partial charge on any atom is -0.478 e. The van der Waals surface area contributed by atoms with E-state index in [1.54, 1.807) is 0 Å². The van der Waals surface area contributed by atoms with E-state index in [0.717, 1.165) is 48.6 Å². The Morgan fingerprint density at radius 3 is 1.01 bits per heavy atom. The second-order valence-corrected chi connectivity index (χ2v) is 25.5.